The van der Waals surface area contributed by atoms with Crippen molar-refractivity contribution in [2.45, 2.75) is 129 Å². The monoisotopic (exact) mass is 364 g/mol. The summed E-state index contributed by atoms with van der Waals surface area (Å²) in [5, 5.41) is 0. The van der Waals surface area contributed by atoms with Gasteiger partial charge in [-0.2, -0.15) is 0 Å². The third-order valence-electron chi connectivity index (χ3n) is 5.93. The Morgan fingerprint density at radius 2 is 1.04 bits per heavy atom. The normalized spacial score (nSPS) is 16.8. The summed E-state index contributed by atoms with van der Waals surface area (Å²) >= 11 is 0. The van der Waals surface area contributed by atoms with Gasteiger partial charge in [0, 0.05) is 26.0 Å². The zero-order valence-corrected chi connectivity index (χ0v) is 18.4. The van der Waals surface area contributed by atoms with Crippen LogP contribution in [0.15, 0.2) is 12.4 Å². The van der Waals surface area contributed by atoms with Crippen molar-refractivity contribution in [2.75, 3.05) is 13.6 Å². The average molecular weight is 365 g/mol. The molecule has 2 heteroatoms. The SMILES string of the molecule is CCCCCCCCCCCCCCCC1N(C)C=CN1CCCCC. The lowest BCUT2D eigenvalue weighted by atomic mass is 10.0. The van der Waals surface area contributed by atoms with Crippen molar-refractivity contribution >= 4 is 0 Å². The maximum absolute atomic E-state index is 2.57. The molecule has 0 aliphatic carbocycles. The summed E-state index contributed by atoms with van der Waals surface area (Å²) in [5.74, 6) is 0. The molecule has 0 aromatic rings. The van der Waals surface area contributed by atoms with E-state index >= 15 is 0 Å². The zero-order chi connectivity index (χ0) is 18.9. The van der Waals surface area contributed by atoms with Crippen LogP contribution in [-0.2, 0) is 0 Å². The molecule has 0 aromatic carbocycles. The highest BCUT2D eigenvalue weighted by atomic mass is 15.4. The van der Waals surface area contributed by atoms with Crippen LogP contribution >= 0.6 is 0 Å². The Bertz CT molecular complexity index is 326. The summed E-state index contributed by atoms with van der Waals surface area (Å²) in [7, 11) is 2.24. The lowest BCUT2D eigenvalue weighted by molar-refractivity contribution is 0.159. The molecular formula is C24H48N2. The van der Waals surface area contributed by atoms with Crippen LogP contribution in [0.3, 0.4) is 0 Å². The Morgan fingerprint density at radius 1 is 0.577 bits per heavy atom. The van der Waals surface area contributed by atoms with Crippen LogP contribution in [0.2, 0.25) is 0 Å². The fraction of sp³-hybridized carbons (Fsp3) is 0.917. The van der Waals surface area contributed by atoms with Gasteiger partial charge < -0.3 is 9.80 Å². The molecule has 0 spiro atoms. The molecule has 0 amide bonds. The van der Waals surface area contributed by atoms with Crippen LogP contribution < -0.4 is 0 Å². The van der Waals surface area contributed by atoms with Crippen LogP contribution in [0.5, 0.6) is 0 Å². The van der Waals surface area contributed by atoms with Gasteiger partial charge >= 0.3 is 0 Å². The topological polar surface area (TPSA) is 6.48 Å². The Labute approximate surface area is 165 Å². The minimum absolute atomic E-state index is 0.625. The maximum atomic E-state index is 2.57. The van der Waals surface area contributed by atoms with Crippen molar-refractivity contribution in [3.8, 4) is 0 Å². The molecule has 0 saturated carbocycles. The molecule has 26 heavy (non-hydrogen) atoms. The largest absolute Gasteiger partial charge is 0.359 e. The van der Waals surface area contributed by atoms with Gasteiger partial charge in [-0.15, -0.1) is 0 Å². The summed E-state index contributed by atoms with van der Waals surface area (Å²) in [4.78, 5) is 4.97. The first-order chi connectivity index (χ1) is 12.8. The average Bonchev–Trinajstić information content (AvgIpc) is 2.99. The quantitative estimate of drug-likeness (QED) is 0.230. The minimum Gasteiger partial charge on any atom is -0.359 e. The van der Waals surface area contributed by atoms with Crippen LogP contribution in [0.4, 0.5) is 0 Å². The maximum Gasteiger partial charge on any atom is 0.100 e. The molecule has 1 atom stereocenters. The molecule has 1 heterocycles. The van der Waals surface area contributed by atoms with E-state index in [1.165, 1.54) is 116 Å². The van der Waals surface area contributed by atoms with Crippen molar-refractivity contribution in [1.82, 2.24) is 9.80 Å². The van der Waals surface area contributed by atoms with Crippen LogP contribution in [0.1, 0.15) is 123 Å². The number of hydrogen-bond donors (Lipinski definition) is 0. The molecule has 0 N–H and O–H groups in total. The summed E-state index contributed by atoms with van der Waals surface area (Å²) in [6, 6.07) is 0. The Balaban J connectivity index is 1.90. The van der Waals surface area contributed by atoms with Crippen molar-refractivity contribution in [3.05, 3.63) is 12.4 Å². The first-order valence-electron chi connectivity index (χ1n) is 12.0. The molecule has 1 aliphatic rings. The molecule has 0 saturated heterocycles. The third kappa shape index (κ3) is 11.1. The Hall–Kier alpha value is -0.660. The molecule has 0 radical (unpaired) electrons. The predicted molar refractivity (Wildman–Crippen MR) is 117 cm³/mol. The lowest BCUT2D eigenvalue weighted by Crippen LogP contribution is -2.36. The van der Waals surface area contributed by atoms with E-state index in [9.17, 15) is 0 Å². The van der Waals surface area contributed by atoms with E-state index in [1.807, 2.05) is 0 Å². The fourth-order valence-electron chi connectivity index (χ4n) is 4.11. The predicted octanol–water partition coefficient (Wildman–Crippen LogP) is 7.70. The standard InChI is InChI=1S/C24H48N2/c1-4-6-8-9-10-11-12-13-14-15-16-17-18-20-24-25(3)22-23-26(24)21-19-7-5-2/h22-24H,4-21H2,1-3H3. The summed E-state index contributed by atoms with van der Waals surface area (Å²) < 4.78 is 0. The second-order valence-electron chi connectivity index (χ2n) is 8.42. The van der Waals surface area contributed by atoms with Gasteiger partial charge in [-0.05, 0) is 19.3 Å². The van der Waals surface area contributed by atoms with E-state index in [-0.39, 0.29) is 0 Å². The van der Waals surface area contributed by atoms with Gasteiger partial charge in [0.2, 0.25) is 0 Å². The van der Waals surface area contributed by atoms with E-state index in [0.29, 0.717) is 6.17 Å². The van der Waals surface area contributed by atoms with E-state index in [2.05, 4.69) is 43.1 Å². The lowest BCUT2D eigenvalue weighted by Gasteiger charge is -2.30. The van der Waals surface area contributed by atoms with Crippen LogP contribution in [0, 0.1) is 0 Å². The number of hydrogen-bond acceptors (Lipinski definition) is 2. The summed E-state index contributed by atoms with van der Waals surface area (Å²) in [5.41, 5.74) is 0. The highest BCUT2D eigenvalue weighted by molar-refractivity contribution is 4.95. The molecule has 0 aromatic heterocycles. The number of nitrogens with zero attached hydrogens (tertiary/aromatic N) is 2. The number of unbranched alkanes of at least 4 members (excludes halogenated alkanes) is 14. The zero-order valence-electron chi connectivity index (χ0n) is 18.4. The van der Waals surface area contributed by atoms with Gasteiger partial charge in [0.25, 0.3) is 0 Å². The summed E-state index contributed by atoms with van der Waals surface area (Å²) in [6.07, 6.45) is 29.3. The Kier molecular flexibility index (Phi) is 14.8. The van der Waals surface area contributed by atoms with E-state index in [0.717, 1.165) is 0 Å². The highest BCUT2D eigenvalue weighted by Gasteiger charge is 2.22. The smallest absolute Gasteiger partial charge is 0.100 e. The van der Waals surface area contributed by atoms with Crippen molar-refractivity contribution < 1.29 is 0 Å². The number of rotatable bonds is 18. The van der Waals surface area contributed by atoms with Gasteiger partial charge in [0.1, 0.15) is 6.17 Å². The van der Waals surface area contributed by atoms with E-state index in [1.54, 1.807) is 0 Å². The minimum atomic E-state index is 0.625. The highest BCUT2D eigenvalue weighted by Crippen LogP contribution is 2.21. The molecule has 0 bridgehead atoms. The first-order valence-corrected chi connectivity index (χ1v) is 12.0. The second-order valence-corrected chi connectivity index (χ2v) is 8.42. The third-order valence-corrected chi connectivity index (χ3v) is 5.93. The van der Waals surface area contributed by atoms with Crippen LogP contribution in [0.25, 0.3) is 0 Å². The molecule has 0 fully saturated rings. The molecule has 2 nitrogen and oxygen atoms in total. The van der Waals surface area contributed by atoms with Gasteiger partial charge in [-0.25, -0.2) is 0 Å². The fourth-order valence-corrected chi connectivity index (χ4v) is 4.11. The van der Waals surface area contributed by atoms with Gasteiger partial charge in [0.15, 0.2) is 0 Å². The first kappa shape index (κ1) is 23.4. The molecule has 1 unspecified atom stereocenters. The molecule has 1 rings (SSSR count). The van der Waals surface area contributed by atoms with Crippen molar-refractivity contribution in [1.29, 1.82) is 0 Å². The van der Waals surface area contributed by atoms with Crippen LogP contribution in [-0.4, -0.2) is 29.6 Å². The van der Waals surface area contributed by atoms with E-state index < -0.39 is 0 Å². The van der Waals surface area contributed by atoms with Gasteiger partial charge in [-0.3, -0.25) is 0 Å². The molecule has 1 aliphatic heterocycles. The Morgan fingerprint density at radius 3 is 1.58 bits per heavy atom. The van der Waals surface area contributed by atoms with Crippen molar-refractivity contribution in [2.24, 2.45) is 0 Å². The molecule has 154 valence electrons. The molecular weight excluding hydrogens is 316 g/mol. The van der Waals surface area contributed by atoms with Gasteiger partial charge in [0.05, 0.1) is 0 Å². The second kappa shape index (κ2) is 16.5. The summed E-state index contributed by atoms with van der Waals surface area (Å²) in [6.45, 7) is 5.82. The van der Waals surface area contributed by atoms with E-state index in [4.69, 9.17) is 0 Å². The van der Waals surface area contributed by atoms with Crippen molar-refractivity contribution in [3.63, 3.8) is 0 Å². The van der Waals surface area contributed by atoms with Gasteiger partial charge in [-0.1, -0.05) is 104 Å².